The molecule has 2 aliphatic rings. The second kappa shape index (κ2) is 8.87. The predicted octanol–water partition coefficient (Wildman–Crippen LogP) is 3.93. The van der Waals surface area contributed by atoms with E-state index in [0.29, 0.717) is 17.4 Å². The number of hydrogen-bond donors (Lipinski definition) is 2. The molecule has 1 saturated heterocycles. The van der Waals surface area contributed by atoms with Gasteiger partial charge in [0.1, 0.15) is 5.75 Å². The van der Waals surface area contributed by atoms with Crippen molar-refractivity contribution < 1.29 is 9.53 Å². The molecule has 4 aromatic rings. The first-order valence-electron chi connectivity index (χ1n) is 12.3. The molecule has 1 aliphatic heterocycles. The summed E-state index contributed by atoms with van der Waals surface area (Å²) in [6, 6.07) is 16.2. The van der Waals surface area contributed by atoms with Crippen LogP contribution in [-0.4, -0.2) is 61.6 Å². The Bertz CT molecular complexity index is 1430. The smallest absolute Gasteiger partial charge is 0.252 e. The van der Waals surface area contributed by atoms with Crippen molar-refractivity contribution in [2.75, 3.05) is 13.6 Å². The molecule has 181 valence electrons. The zero-order chi connectivity index (χ0) is 24.9. The first-order chi connectivity index (χ1) is 17.4. The molecule has 1 amide bonds. The maximum atomic E-state index is 13.6. The molecule has 2 aromatic heterocycles. The Morgan fingerprint density at radius 2 is 2.08 bits per heavy atom. The molecule has 2 aromatic carbocycles. The minimum absolute atomic E-state index is 0.0919. The molecule has 0 bridgehead atoms. The second-order valence-corrected chi connectivity index (χ2v) is 10.5. The van der Waals surface area contributed by atoms with E-state index in [0.717, 1.165) is 59.1 Å². The molecule has 7 nitrogen and oxygen atoms in total. The molecule has 2 atom stereocenters. The molecule has 1 aliphatic carbocycles. The van der Waals surface area contributed by atoms with Gasteiger partial charge < -0.3 is 15.0 Å². The first kappa shape index (κ1) is 22.9. The number of carbonyl (C=O) groups excluding carboxylic acids is 1. The molecular formula is C28H28N5O2Si. The molecule has 6 rings (SSSR count). The van der Waals surface area contributed by atoms with Crippen LogP contribution in [0.1, 0.15) is 40.7 Å². The van der Waals surface area contributed by atoms with E-state index in [-0.39, 0.29) is 11.6 Å². The molecule has 2 fully saturated rings. The Morgan fingerprint density at radius 3 is 2.78 bits per heavy atom. The number of nitrogens with one attached hydrogen (secondary N) is 2. The SMILES string of the molecule is Cc1ccc(OC([Si])[C@@H]2CCN2C)cc1C(=O)NC1(c2cc(-c3ccn[nH]3)cc3ncccc23)CC1. The number of nitrogens with zero attached hydrogens (tertiary/aromatic N) is 3. The number of H-pyrrole nitrogens is 1. The number of carbonyl (C=O) groups is 1. The van der Waals surface area contributed by atoms with Crippen LogP contribution in [0.2, 0.25) is 0 Å². The fourth-order valence-electron chi connectivity index (χ4n) is 5.08. The van der Waals surface area contributed by atoms with E-state index in [1.165, 1.54) is 0 Å². The molecular weight excluding hydrogens is 466 g/mol. The van der Waals surface area contributed by atoms with Gasteiger partial charge in [0, 0.05) is 34.9 Å². The highest BCUT2D eigenvalue weighted by atomic mass is 28.1. The number of ether oxygens (including phenoxy) is 1. The van der Waals surface area contributed by atoms with Gasteiger partial charge in [-0.3, -0.25) is 14.9 Å². The molecule has 2 N–H and O–H groups in total. The van der Waals surface area contributed by atoms with Crippen molar-refractivity contribution >= 4 is 27.1 Å². The quantitative estimate of drug-likeness (QED) is 0.381. The van der Waals surface area contributed by atoms with Crippen molar-refractivity contribution in [3.8, 4) is 17.0 Å². The number of rotatable bonds is 7. The first-order valence-corrected chi connectivity index (χ1v) is 12.9. The Kier molecular flexibility index (Phi) is 5.65. The van der Waals surface area contributed by atoms with Crippen molar-refractivity contribution in [1.29, 1.82) is 0 Å². The average molecular weight is 495 g/mol. The number of aromatic amines is 1. The molecule has 36 heavy (non-hydrogen) atoms. The van der Waals surface area contributed by atoms with Gasteiger partial charge in [0.25, 0.3) is 5.91 Å². The summed E-state index contributed by atoms with van der Waals surface area (Å²) in [4.78, 5) is 20.5. The number of aryl methyl sites for hydroxylation is 1. The van der Waals surface area contributed by atoms with Crippen molar-refractivity contribution in [3.05, 3.63) is 77.6 Å². The highest BCUT2D eigenvalue weighted by Crippen LogP contribution is 2.49. The molecule has 3 radical (unpaired) electrons. The van der Waals surface area contributed by atoms with Crippen LogP contribution >= 0.6 is 0 Å². The number of amides is 1. The van der Waals surface area contributed by atoms with Crippen LogP contribution in [0.3, 0.4) is 0 Å². The van der Waals surface area contributed by atoms with Crippen molar-refractivity contribution in [2.24, 2.45) is 0 Å². The Labute approximate surface area is 213 Å². The van der Waals surface area contributed by atoms with Crippen LogP contribution in [0.4, 0.5) is 0 Å². The molecule has 3 heterocycles. The Balaban J connectivity index is 1.30. The van der Waals surface area contributed by atoms with Crippen molar-refractivity contribution in [3.63, 3.8) is 0 Å². The van der Waals surface area contributed by atoms with Crippen LogP contribution in [0, 0.1) is 6.92 Å². The van der Waals surface area contributed by atoms with Gasteiger partial charge in [-0.25, -0.2) is 0 Å². The number of pyridine rings is 1. The van der Waals surface area contributed by atoms with Crippen LogP contribution < -0.4 is 10.1 Å². The molecule has 1 saturated carbocycles. The lowest BCUT2D eigenvalue weighted by molar-refractivity contribution is 0.0562. The Hall–Kier alpha value is -3.49. The summed E-state index contributed by atoms with van der Waals surface area (Å²) >= 11 is 0. The lowest BCUT2D eigenvalue weighted by Crippen LogP contribution is -2.53. The number of aromatic nitrogens is 3. The molecule has 1 unspecified atom stereocenters. The number of likely N-dealkylation sites (N-methyl/N-ethyl adjacent to an activating group) is 1. The zero-order valence-electron chi connectivity index (χ0n) is 20.4. The average Bonchev–Trinajstić information content (AvgIpc) is 3.42. The van der Waals surface area contributed by atoms with Gasteiger partial charge in [0.15, 0.2) is 0 Å². The van der Waals surface area contributed by atoms with Gasteiger partial charge in [-0.15, -0.1) is 0 Å². The highest BCUT2D eigenvalue weighted by molar-refractivity contribution is 6.11. The predicted molar refractivity (Wildman–Crippen MR) is 140 cm³/mol. The molecule has 0 spiro atoms. The standard InChI is InChI=1S/C28H28N5O2Si/c1-17-5-6-19(35-27(36)25-8-13-33(25)2)16-21(17)26(34)31-28(9-10-28)22-14-18(23-7-12-30-32-23)15-24-20(22)4-3-11-29-24/h3-7,11-12,14-16,25,27H,8-10,13H2,1-2H3,(H,30,32)(H,31,34)/t25-,27?/m0/s1. The molecule has 8 heteroatoms. The van der Waals surface area contributed by atoms with Crippen molar-refractivity contribution in [2.45, 2.75) is 43.5 Å². The van der Waals surface area contributed by atoms with E-state index in [1.807, 2.05) is 37.3 Å². The van der Waals surface area contributed by atoms with Gasteiger partial charge in [-0.05, 0) is 87.3 Å². The fourth-order valence-corrected chi connectivity index (χ4v) is 5.64. The third-order valence-corrected chi connectivity index (χ3v) is 8.06. The summed E-state index contributed by atoms with van der Waals surface area (Å²) in [7, 11) is 5.82. The second-order valence-electron chi connectivity index (χ2n) is 9.95. The van der Waals surface area contributed by atoms with E-state index in [2.05, 4.69) is 60.9 Å². The van der Waals surface area contributed by atoms with Crippen LogP contribution in [0.25, 0.3) is 22.2 Å². The largest absolute Gasteiger partial charge is 0.493 e. The van der Waals surface area contributed by atoms with E-state index >= 15 is 0 Å². The maximum Gasteiger partial charge on any atom is 0.252 e. The summed E-state index contributed by atoms with van der Waals surface area (Å²) in [5, 5.41) is 11.6. The van der Waals surface area contributed by atoms with Gasteiger partial charge in [-0.2, -0.15) is 5.10 Å². The minimum Gasteiger partial charge on any atom is -0.493 e. The number of likely N-dealkylation sites (tertiary alicyclic amines) is 1. The maximum absolute atomic E-state index is 13.6. The van der Waals surface area contributed by atoms with E-state index in [4.69, 9.17) is 4.74 Å². The van der Waals surface area contributed by atoms with Crippen LogP contribution in [0.15, 0.2) is 60.9 Å². The topological polar surface area (TPSA) is 83.1 Å². The fraction of sp³-hybridized carbons (Fsp3) is 0.321. The van der Waals surface area contributed by atoms with Gasteiger partial charge in [0.2, 0.25) is 0 Å². The minimum atomic E-state index is -0.427. The number of fused-ring (bicyclic) bond motifs is 1. The third kappa shape index (κ3) is 4.10. The van der Waals surface area contributed by atoms with Gasteiger partial charge in [-0.1, -0.05) is 12.1 Å². The third-order valence-electron chi connectivity index (χ3n) is 7.56. The lowest BCUT2D eigenvalue weighted by atomic mass is 9.95. The van der Waals surface area contributed by atoms with Gasteiger partial charge in [0.05, 0.1) is 32.7 Å². The normalized spacial score (nSPS) is 19.5. The summed E-state index contributed by atoms with van der Waals surface area (Å²) in [5.41, 5.74) is 4.91. The van der Waals surface area contributed by atoms with Crippen molar-refractivity contribution in [1.82, 2.24) is 25.4 Å². The van der Waals surface area contributed by atoms with Gasteiger partial charge >= 0.3 is 0 Å². The van der Waals surface area contributed by atoms with E-state index in [1.54, 1.807) is 12.4 Å². The zero-order valence-corrected chi connectivity index (χ0v) is 21.4. The summed E-state index contributed by atoms with van der Waals surface area (Å²) < 4.78 is 6.15. The van der Waals surface area contributed by atoms with E-state index < -0.39 is 5.54 Å². The summed E-state index contributed by atoms with van der Waals surface area (Å²) in [5.74, 6) is 0.595. The van der Waals surface area contributed by atoms with E-state index in [9.17, 15) is 4.79 Å². The van der Waals surface area contributed by atoms with Crippen LogP contribution in [-0.2, 0) is 5.54 Å². The van der Waals surface area contributed by atoms with Crippen LogP contribution in [0.5, 0.6) is 5.75 Å². The lowest BCUT2D eigenvalue weighted by Gasteiger charge is -2.41. The highest BCUT2D eigenvalue weighted by Gasteiger charge is 2.47. The number of benzene rings is 2. The monoisotopic (exact) mass is 494 g/mol. The Morgan fingerprint density at radius 1 is 1.22 bits per heavy atom. The number of hydrogen-bond acceptors (Lipinski definition) is 5. The summed E-state index contributed by atoms with van der Waals surface area (Å²) in [6.07, 6.45) is 6.38. The summed E-state index contributed by atoms with van der Waals surface area (Å²) in [6.45, 7) is 3.03.